The third-order valence-corrected chi connectivity index (χ3v) is 4.83. The number of carbonyl (C=O) groups is 1. The molecule has 0 spiro atoms. The maximum absolute atomic E-state index is 14.4. The lowest BCUT2D eigenvalue weighted by Gasteiger charge is -2.21. The lowest BCUT2D eigenvalue weighted by Crippen LogP contribution is -2.33. The number of aromatic amines is 1. The molecule has 11 heteroatoms. The molecule has 3 heterocycles. The topological polar surface area (TPSA) is 117 Å². The molecular formula is C21H19F2N5O4. The first kappa shape index (κ1) is 21.4. The van der Waals surface area contributed by atoms with Crippen molar-refractivity contribution < 1.29 is 27.8 Å². The molecule has 2 atom stereocenters. The number of rotatable bonds is 8. The second-order valence-electron chi connectivity index (χ2n) is 6.96. The van der Waals surface area contributed by atoms with E-state index in [4.69, 9.17) is 9.15 Å². The number of benzene rings is 1. The number of aromatic nitrogens is 4. The van der Waals surface area contributed by atoms with Gasteiger partial charge in [0.1, 0.15) is 18.5 Å². The number of amides is 1. The highest BCUT2D eigenvalue weighted by molar-refractivity contribution is 5.71. The number of hydrogen-bond donors (Lipinski definition) is 2. The molecule has 1 amide bonds. The maximum atomic E-state index is 14.4. The van der Waals surface area contributed by atoms with Gasteiger partial charge in [-0.05, 0) is 23.4 Å². The molecule has 1 saturated heterocycles. The summed E-state index contributed by atoms with van der Waals surface area (Å²) in [4.78, 5) is 13.4. The Labute approximate surface area is 181 Å². The number of nitrogens with one attached hydrogen (secondary N) is 1. The maximum Gasteiger partial charge on any atom is 0.410 e. The Hall–Kier alpha value is -3.86. The Morgan fingerprint density at radius 2 is 2.09 bits per heavy atom. The van der Waals surface area contributed by atoms with Crippen molar-refractivity contribution in [2.75, 3.05) is 13.2 Å². The number of ether oxygens (including phenoxy) is 1. The zero-order chi connectivity index (χ0) is 22.6. The first-order valence-corrected chi connectivity index (χ1v) is 9.68. The zero-order valence-electron chi connectivity index (χ0n) is 16.6. The van der Waals surface area contributed by atoms with E-state index in [9.17, 15) is 18.7 Å². The highest BCUT2D eigenvalue weighted by atomic mass is 19.3. The van der Waals surface area contributed by atoms with Gasteiger partial charge in [0, 0.05) is 12.1 Å². The summed E-state index contributed by atoms with van der Waals surface area (Å²) in [5.74, 6) is -2.24. The molecule has 3 aromatic rings. The molecule has 9 nitrogen and oxygen atoms in total. The van der Waals surface area contributed by atoms with Gasteiger partial charge in [0.05, 0.1) is 6.04 Å². The number of alkyl halides is 2. The summed E-state index contributed by atoms with van der Waals surface area (Å²) >= 11 is 0. The van der Waals surface area contributed by atoms with Crippen LogP contribution < -0.4 is 0 Å². The largest absolute Gasteiger partial charge is 0.453 e. The van der Waals surface area contributed by atoms with Crippen molar-refractivity contribution in [1.82, 2.24) is 25.5 Å². The molecule has 2 unspecified atom stereocenters. The SMILES string of the molecule is O=C1OCC(C=CC(O)C(F)(F)c2ccccc2)N1CC=Cc1ccc(-c2nn[nH]n2)o1. The Morgan fingerprint density at radius 1 is 1.28 bits per heavy atom. The van der Waals surface area contributed by atoms with E-state index in [1.165, 1.54) is 35.2 Å². The smallest absolute Gasteiger partial charge is 0.410 e. The fourth-order valence-electron chi connectivity index (χ4n) is 3.13. The third kappa shape index (κ3) is 4.57. The number of nitrogens with zero attached hydrogens (tertiary/aromatic N) is 4. The average Bonchev–Trinajstić information content (AvgIpc) is 3.55. The predicted molar refractivity (Wildman–Crippen MR) is 108 cm³/mol. The van der Waals surface area contributed by atoms with Gasteiger partial charge in [-0.1, -0.05) is 48.6 Å². The number of aliphatic hydroxyl groups is 1. The minimum absolute atomic E-state index is 0.00443. The van der Waals surface area contributed by atoms with Crippen LogP contribution in [0.25, 0.3) is 17.7 Å². The van der Waals surface area contributed by atoms with E-state index >= 15 is 0 Å². The molecular weight excluding hydrogens is 424 g/mol. The standard InChI is InChI=1S/C21H19F2N5O4/c22-21(23,14-5-2-1-3-6-14)18(29)11-8-15-13-31-20(30)28(15)12-4-7-16-9-10-17(32-16)19-24-26-27-25-19/h1-11,15,18,29H,12-13H2,(H,24,25,26,27). The number of furan rings is 1. The second kappa shape index (κ2) is 9.10. The number of cyclic esters (lactones) is 1. The lowest BCUT2D eigenvalue weighted by atomic mass is 10.0. The molecule has 1 fully saturated rings. The molecule has 2 aromatic heterocycles. The molecule has 0 saturated carbocycles. The number of tetrazole rings is 1. The van der Waals surface area contributed by atoms with Crippen molar-refractivity contribution in [3.8, 4) is 11.6 Å². The van der Waals surface area contributed by atoms with Crippen molar-refractivity contribution in [2.24, 2.45) is 0 Å². The first-order chi connectivity index (χ1) is 15.4. The first-order valence-electron chi connectivity index (χ1n) is 9.68. The number of aliphatic hydroxyl groups excluding tert-OH is 1. The van der Waals surface area contributed by atoms with Crippen LogP contribution in [0.2, 0.25) is 0 Å². The van der Waals surface area contributed by atoms with Crippen LogP contribution in [0.3, 0.4) is 0 Å². The van der Waals surface area contributed by atoms with Crippen molar-refractivity contribution >= 4 is 12.2 Å². The quantitative estimate of drug-likeness (QED) is 0.514. The molecule has 1 aromatic carbocycles. The fraction of sp³-hybridized carbons (Fsp3) is 0.238. The highest BCUT2D eigenvalue weighted by Crippen LogP contribution is 2.32. The van der Waals surface area contributed by atoms with Gasteiger partial charge in [0.15, 0.2) is 5.76 Å². The molecule has 1 aliphatic heterocycles. The van der Waals surface area contributed by atoms with Gasteiger partial charge in [-0.15, -0.1) is 10.2 Å². The fourth-order valence-corrected chi connectivity index (χ4v) is 3.13. The molecule has 2 N–H and O–H groups in total. The van der Waals surface area contributed by atoms with Crippen molar-refractivity contribution in [2.45, 2.75) is 18.1 Å². The van der Waals surface area contributed by atoms with Crippen LogP contribution in [0.4, 0.5) is 13.6 Å². The van der Waals surface area contributed by atoms with Gasteiger partial charge in [0.25, 0.3) is 0 Å². The van der Waals surface area contributed by atoms with Gasteiger partial charge in [-0.25, -0.2) is 4.79 Å². The highest BCUT2D eigenvalue weighted by Gasteiger charge is 2.39. The summed E-state index contributed by atoms with van der Waals surface area (Å²) in [6.45, 7) is 0.146. The summed E-state index contributed by atoms with van der Waals surface area (Å²) in [6.07, 6.45) is 3.02. The third-order valence-electron chi connectivity index (χ3n) is 4.83. The Bertz CT molecular complexity index is 1100. The monoisotopic (exact) mass is 443 g/mol. The van der Waals surface area contributed by atoms with Crippen molar-refractivity contribution in [3.05, 3.63) is 72.0 Å². The van der Waals surface area contributed by atoms with Crippen LogP contribution in [-0.4, -0.2) is 62.0 Å². The van der Waals surface area contributed by atoms with Crippen LogP contribution in [0, 0.1) is 0 Å². The second-order valence-corrected chi connectivity index (χ2v) is 6.96. The van der Waals surface area contributed by atoms with E-state index in [0.29, 0.717) is 17.3 Å². The number of carbonyl (C=O) groups excluding carboxylic acids is 1. The van der Waals surface area contributed by atoms with Gasteiger partial charge in [-0.3, -0.25) is 4.90 Å². The zero-order valence-corrected chi connectivity index (χ0v) is 16.6. The Balaban J connectivity index is 1.38. The molecule has 1 aliphatic rings. The van der Waals surface area contributed by atoms with E-state index in [1.807, 2.05) is 0 Å². The Kier molecular flexibility index (Phi) is 6.08. The normalized spacial score (nSPS) is 18.0. The lowest BCUT2D eigenvalue weighted by molar-refractivity contribution is -0.0929. The summed E-state index contributed by atoms with van der Waals surface area (Å²) in [7, 11) is 0. The van der Waals surface area contributed by atoms with Gasteiger partial charge in [-0.2, -0.15) is 14.0 Å². The van der Waals surface area contributed by atoms with Gasteiger partial charge < -0.3 is 14.3 Å². The van der Waals surface area contributed by atoms with E-state index < -0.39 is 24.2 Å². The summed E-state index contributed by atoms with van der Waals surface area (Å²) in [6, 6.07) is 9.83. The van der Waals surface area contributed by atoms with Crippen LogP contribution in [0.5, 0.6) is 0 Å². The van der Waals surface area contributed by atoms with E-state index in [2.05, 4.69) is 20.6 Å². The molecule has 0 aliphatic carbocycles. The number of halogens is 2. The van der Waals surface area contributed by atoms with Crippen LogP contribution in [0.15, 0.2) is 65.1 Å². The van der Waals surface area contributed by atoms with E-state index in [1.54, 1.807) is 30.4 Å². The Morgan fingerprint density at radius 3 is 2.84 bits per heavy atom. The number of hydrogen-bond acceptors (Lipinski definition) is 7. The van der Waals surface area contributed by atoms with E-state index in [-0.39, 0.29) is 18.7 Å². The van der Waals surface area contributed by atoms with Crippen LogP contribution in [0.1, 0.15) is 11.3 Å². The summed E-state index contributed by atoms with van der Waals surface area (Å²) < 4.78 is 39.5. The molecule has 166 valence electrons. The van der Waals surface area contributed by atoms with E-state index in [0.717, 1.165) is 6.08 Å². The van der Waals surface area contributed by atoms with Gasteiger partial charge >= 0.3 is 12.0 Å². The molecule has 0 bridgehead atoms. The van der Waals surface area contributed by atoms with Crippen LogP contribution >= 0.6 is 0 Å². The average molecular weight is 443 g/mol. The molecule has 0 radical (unpaired) electrons. The predicted octanol–water partition coefficient (Wildman–Crippen LogP) is 3.00. The van der Waals surface area contributed by atoms with Crippen molar-refractivity contribution in [3.63, 3.8) is 0 Å². The number of H-pyrrole nitrogens is 1. The van der Waals surface area contributed by atoms with Crippen LogP contribution in [-0.2, 0) is 10.7 Å². The van der Waals surface area contributed by atoms with Crippen molar-refractivity contribution in [1.29, 1.82) is 0 Å². The summed E-state index contributed by atoms with van der Waals surface area (Å²) in [5, 5.41) is 23.4. The molecule has 4 rings (SSSR count). The minimum atomic E-state index is -3.47. The van der Waals surface area contributed by atoms with Gasteiger partial charge in [0.2, 0.25) is 5.82 Å². The molecule has 32 heavy (non-hydrogen) atoms. The summed E-state index contributed by atoms with van der Waals surface area (Å²) in [5.41, 5.74) is -0.297. The minimum Gasteiger partial charge on any atom is -0.453 e.